The predicted octanol–water partition coefficient (Wildman–Crippen LogP) is -1.15. The number of ether oxygens (including phenoxy) is 2. The molecule has 0 saturated heterocycles. The van der Waals surface area contributed by atoms with Gasteiger partial charge in [0, 0.05) is 7.11 Å². The molecule has 0 fully saturated rings. The van der Waals surface area contributed by atoms with E-state index < -0.39 is 11.9 Å². The molecule has 2 atom stereocenters. The van der Waals surface area contributed by atoms with Crippen LogP contribution in [0.4, 0.5) is 0 Å². The zero-order valence-electron chi connectivity index (χ0n) is 7.45. The monoisotopic (exact) mass is 176 g/mol. The first-order valence-corrected chi connectivity index (χ1v) is 3.73. The van der Waals surface area contributed by atoms with Gasteiger partial charge in [-0.2, -0.15) is 0 Å². The Morgan fingerprint density at radius 2 is 2.08 bits per heavy atom. The third-order valence-corrected chi connectivity index (χ3v) is 1.33. The summed E-state index contributed by atoms with van der Waals surface area (Å²) < 4.78 is 9.97. The topological polar surface area (TPSA) is 87.6 Å². The molecule has 0 spiro atoms. The minimum atomic E-state index is -0.732. The van der Waals surface area contributed by atoms with Crippen LogP contribution in [-0.4, -0.2) is 38.4 Å². The number of carbonyl (C=O) groups excluding carboxylic acids is 1. The number of amides is 1. The molecule has 2 unspecified atom stereocenters. The highest BCUT2D eigenvalue weighted by Gasteiger charge is 2.10. The van der Waals surface area contributed by atoms with Crippen molar-refractivity contribution >= 4 is 5.91 Å². The molecule has 0 heterocycles. The summed E-state index contributed by atoms with van der Waals surface area (Å²) >= 11 is 0. The minimum Gasteiger partial charge on any atom is -0.382 e. The summed E-state index contributed by atoms with van der Waals surface area (Å²) in [5.41, 5.74) is 10.2. The van der Waals surface area contributed by atoms with Crippen LogP contribution in [0.2, 0.25) is 0 Å². The van der Waals surface area contributed by atoms with Crippen molar-refractivity contribution in [1.29, 1.82) is 0 Å². The van der Waals surface area contributed by atoms with Gasteiger partial charge in [-0.25, -0.2) is 0 Å². The van der Waals surface area contributed by atoms with Crippen molar-refractivity contribution in [3.63, 3.8) is 0 Å². The third kappa shape index (κ3) is 5.06. The molecule has 72 valence electrons. The predicted molar refractivity (Wildman–Crippen MR) is 44.5 cm³/mol. The van der Waals surface area contributed by atoms with Gasteiger partial charge in [-0.15, -0.1) is 0 Å². The maximum atomic E-state index is 10.5. The lowest BCUT2D eigenvalue weighted by Gasteiger charge is -2.13. The second kappa shape index (κ2) is 5.93. The summed E-state index contributed by atoms with van der Waals surface area (Å²) in [6.45, 7) is 2.45. The standard InChI is InChI=1S/C7H16N2O3/c1-5(3-11-2)12-4-6(8)7(9)10/h5-6H,3-4,8H2,1-2H3,(H2,9,10). The fourth-order valence-corrected chi connectivity index (χ4v) is 0.633. The first-order valence-electron chi connectivity index (χ1n) is 3.73. The van der Waals surface area contributed by atoms with E-state index in [9.17, 15) is 4.79 Å². The molecule has 0 aliphatic carbocycles. The van der Waals surface area contributed by atoms with Gasteiger partial charge < -0.3 is 20.9 Å². The Bertz CT molecular complexity index is 141. The largest absolute Gasteiger partial charge is 0.382 e. The SMILES string of the molecule is COCC(C)OCC(N)C(N)=O. The molecule has 0 aromatic carbocycles. The smallest absolute Gasteiger partial charge is 0.236 e. The zero-order chi connectivity index (χ0) is 9.56. The van der Waals surface area contributed by atoms with Crippen molar-refractivity contribution in [3.8, 4) is 0 Å². The average molecular weight is 176 g/mol. The second-order valence-corrected chi connectivity index (χ2v) is 2.61. The van der Waals surface area contributed by atoms with Crippen molar-refractivity contribution < 1.29 is 14.3 Å². The van der Waals surface area contributed by atoms with E-state index >= 15 is 0 Å². The molecule has 1 amide bonds. The van der Waals surface area contributed by atoms with E-state index in [1.165, 1.54) is 0 Å². The van der Waals surface area contributed by atoms with E-state index in [1.807, 2.05) is 6.92 Å². The molecule has 5 nitrogen and oxygen atoms in total. The number of carbonyl (C=O) groups is 1. The molecule has 0 aromatic heterocycles. The van der Waals surface area contributed by atoms with Gasteiger partial charge in [0.15, 0.2) is 0 Å². The summed E-state index contributed by atoms with van der Waals surface area (Å²) in [6, 6.07) is -0.732. The van der Waals surface area contributed by atoms with Crippen LogP contribution in [0, 0.1) is 0 Å². The lowest BCUT2D eigenvalue weighted by Crippen LogP contribution is -2.41. The fraction of sp³-hybridized carbons (Fsp3) is 0.857. The Labute approximate surface area is 72.0 Å². The van der Waals surface area contributed by atoms with Gasteiger partial charge in [0.05, 0.1) is 19.3 Å². The highest BCUT2D eigenvalue weighted by Crippen LogP contribution is 1.91. The van der Waals surface area contributed by atoms with Crippen LogP contribution in [-0.2, 0) is 14.3 Å². The molecule has 0 saturated carbocycles. The Morgan fingerprint density at radius 3 is 2.50 bits per heavy atom. The average Bonchev–Trinajstić information content (AvgIpc) is 2.00. The number of nitrogens with two attached hydrogens (primary N) is 2. The van der Waals surface area contributed by atoms with Gasteiger partial charge in [-0.05, 0) is 6.92 Å². The van der Waals surface area contributed by atoms with Crippen LogP contribution >= 0.6 is 0 Å². The molecular formula is C7H16N2O3. The minimum absolute atomic E-state index is 0.0691. The van der Waals surface area contributed by atoms with E-state index in [4.69, 9.17) is 20.9 Å². The van der Waals surface area contributed by atoms with Crippen LogP contribution in [0.5, 0.6) is 0 Å². The summed E-state index contributed by atoms with van der Waals surface area (Å²) in [5, 5.41) is 0. The Hall–Kier alpha value is -0.650. The molecule has 0 radical (unpaired) electrons. The van der Waals surface area contributed by atoms with E-state index in [2.05, 4.69) is 0 Å². The Kier molecular flexibility index (Phi) is 5.61. The van der Waals surface area contributed by atoms with Crippen molar-refractivity contribution in [2.24, 2.45) is 11.5 Å². The van der Waals surface area contributed by atoms with Crippen LogP contribution in [0.3, 0.4) is 0 Å². The van der Waals surface area contributed by atoms with E-state index in [0.29, 0.717) is 6.61 Å². The van der Waals surface area contributed by atoms with E-state index in [-0.39, 0.29) is 12.7 Å². The first kappa shape index (κ1) is 11.4. The van der Waals surface area contributed by atoms with Crippen molar-refractivity contribution in [2.75, 3.05) is 20.3 Å². The summed E-state index contributed by atoms with van der Waals surface area (Å²) in [4.78, 5) is 10.5. The quantitative estimate of drug-likeness (QED) is 0.535. The van der Waals surface area contributed by atoms with Gasteiger partial charge in [0.2, 0.25) is 5.91 Å². The molecule has 5 heteroatoms. The van der Waals surface area contributed by atoms with Crippen molar-refractivity contribution in [1.82, 2.24) is 0 Å². The molecule has 0 aliphatic rings. The molecule has 0 aliphatic heterocycles. The van der Waals surface area contributed by atoms with Gasteiger partial charge in [-0.3, -0.25) is 4.79 Å². The van der Waals surface area contributed by atoms with Crippen LogP contribution in [0.15, 0.2) is 0 Å². The summed E-state index contributed by atoms with van der Waals surface area (Å²) in [7, 11) is 1.58. The molecule has 0 bridgehead atoms. The number of methoxy groups -OCH3 is 1. The van der Waals surface area contributed by atoms with E-state index in [0.717, 1.165) is 0 Å². The van der Waals surface area contributed by atoms with E-state index in [1.54, 1.807) is 7.11 Å². The first-order chi connectivity index (χ1) is 5.57. The zero-order valence-corrected chi connectivity index (χ0v) is 7.45. The number of hydrogen-bond acceptors (Lipinski definition) is 4. The second-order valence-electron chi connectivity index (χ2n) is 2.61. The maximum Gasteiger partial charge on any atom is 0.236 e. The van der Waals surface area contributed by atoms with Gasteiger partial charge >= 0.3 is 0 Å². The fourth-order valence-electron chi connectivity index (χ4n) is 0.633. The van der Waals surface area contributed by atoms with Gasteiger partial charge in [0.25, 0.3) is 0 Å². The summed E-state index contributed by atoms with van der Waals surface area (Å²) in [6.07, 6.45) is -0.0691. The number of hydrogen-bond donors (Lipinski definition) is 2. The van der Waals surface area contributed by atoms with Crippen LogP contribution in [0.25, 0.3) is 0 Å². The highest BCUT2D eigenvalue weighted by molar-refractivity contribution is 5.79. The lowest BCUT2D eigenvalue weighted by atomic mass is 10.3. The van der Waals surface area contributed by atoms with Crippen molar-refractivity contribution in [3.05, 3.63) is 0 Å². The molecular weight excluding hydrogens is 160 g/mol. The maximum absolute atomic E-state index is 10.5. The van der Waals surface area contributed by atoms with Gasteiger partial charge in [-0.1, -0.05) is 0 Å². The molecule has 0 rings (SSSR count). The number of primary amides is 1. The normalized spacial score (nSPS) is 15.6. The van der Waals surface area contributed by atoms with Crippen LogP contribution < -0.4 is 11.5 Å². The third-order valence-electron chi connectivity index (χ3n) is 1.33. The molecule has 4 N–H and O–H groups in total. The Balaban J connectivity index is 3.46. The van der Waals surface area contributed by atoms with Crippen LogP contribution in [0.1, 0.15) is 6.92 Å². The van der Waals surface area contributed by atoms with Gasteiger partial charge in [0.1, 0.15) is 6.04 Å². The Morgan fingerprint density at radius 1 is 1.50 bits per heavy atom. The molecule has 0 aromatic rings. The lowest BCUT2D eigenvalue weighted by molar-refractivity contribution is -0.121. The highest BCUT2D eigenvalue weighted by atomic mass is 16.5. The molecule has 12 heavy (non-hydrogen) atoms. The number of rotatable bonds is 6. The van der Waals surface area contributed by atoms with Crippen molar-refractivity contribution in [2.45, 2.75) is 19.1 Å². The summed E-state index contributed by atoms with van der Waals surface area (Å²) in [5.74, 6) is -0.556.